The van der Waals surface area contributed by atoms with Crippen LogP contribution < -0.4 is 10.1 Å². The Morgan fingerprint density at radius 1 is 1.00 bits per heavy atom. The van der Waals surface area contributed by atoms with E-state index in [1.54, 1.807) is 7.11 Å². The number of quaternary nitrogens is 1. The van der Waals surface area contributed by atoms with E-state index in [0.717, 1.165) is 35.4 Å². The van der Waals surface area contributed by atoms with Gasteiger partial charge in [-0.2, -0.15) is 0 Å². The summed E-state index contributed by atoms with van der Waals surface area (Å²) in [7, 11) is 1.72. The number of aromatic hydroxyl groups is 1. The number of nitrogens with two attached hydrogens (primary N) is 1. The minimum atomic E-state index is -0.134. The van der Waals surface area contributed by atoms with E-state index in [1.807, 2.05) is 6.07 Å². The molecule has 0 saturated heterocycles. The first kappa shape index (κ1) is 20.8. The first-order valence-electron chi connectivity index (χ1n) is 10.9. The molecule has 0 bridgehead atoms. The van der Waals surface area contributed by atoms with Crippen LogP contribution in [0.2, 0.25) is 0 Å². The van der Waals surface area contributed by atoms with E-state index in [0.29, 0.717) is 5.75 Å². The van der Waals surface area contributed by atoms with Crippen LogP contribution in [0, 0.1) is 0 Å². The number of nitrogens with one attached hydrogen (secondary N) is 1. The molecule has 30 heavy (non-hydrogen) atoms. The van der Waals surface area contributed by atoms with E-state index >= 15 is 0 Å². The van der Waals surface area contributed by atoms with Crippen LogP contribution in [-0.2, 0) is 17.3 Å². The molecule has 4 nitrogen and oxygen atoms in total. The molecule has 160 valence electrons. The van der Waals surface area contributed by atoms with Crippen LogP contribution >= 0.6 is 0 Å². The summed E-state index contributed by atoms with van der Waals surface area (Å²) in [6.45, 7) is 14.1. The topological polar surface area (TPSA) is 61.9 Å². The van der Waals surface area contributed by atoms with Crippen LogP contribution in [0.1, 0.15) is 75.5 Å². The van der Waals surface area contributed by atoms with E-state index in [4.69, 9.17) is 4.74 Å². The molecule has 4 rings (SSSR count). The van der Waals surface area contributed by atoms with Gasteiger partial charge in [-0.15, -0.1) is 0 Å². The molecule has 3 aromatic rings. The zero-order chi connectivity index (χ0) is 21.8. The van der Waals surface area contributed by atoms with Gasteiger partial charge in [0.05, 0.1) is 19.3 Å². The maximum absolute atomic E-state index is 11.1. The monoisotopic (exact) mass is 407 g/mol. The van der Waals surface area contributed by atoms with Crippen molar-refractivity contribution in [1.29, 1.82) is 0 Å². The van der Waals surface area contributed by atoms with Crippen LogP contribution in [0.5, 0.6) is 11.5 Å². The average molecular weight is 408 g/mol. The van der Waals surface area contributed by atoms with Gasteiger partial charge in [-0.3, -0.25) is 0 Å². The summed E-state index contributed by atoms with van der Waals surface area (Å²) in [4.78, 5) is 3.70. The maximum Gasteiger partial charge on any atom is 0.153 e. The molecule has 2 aromatic carbocycles. The van der Waals surface area contributed by atoms with Gasteiger partial charge in [-0.25, -0.2) is 0 Å². The third-order valence-corrected chi connectivity index (χ3v) is 6.36. The zero-order valence-electron chi connectivity index (χ0n) is 19.3. The summed E-state index contributed by atoms with van der Waals surface area (Å²) in [6.07, 6.45) is 1.04. The molecule has 1 aliphatic rings. The van der Waals surface area contributed by atoms with Crippen LogP contribution in [0.3, 0.4) is 0 Å². The maximum atomic E-state index is 11.1. The third-order valence-electron chi connectivity index (χ3n) is 6.36. The highest BCUT2D eigenvalue weighted by Crippen LogP contribution is 2.42. The number of hydrogen-bond acceptors (Lipinski definition) is 2. The molecule has 1 aliphatic heterocycles. The second-order valence-electron chi connectivity index (χ2n) is 10.6. The van der Waals surface area contributed by atoms with Crippen molar-refractivity contribution in [2.24, 2.45) is 0 Å². The smallest absolute Gasteiger partial charge is 0.153 e. The second-order valence-corrected chi connectivity index (χ2v) is 10.6. The number of aromatic nitrogens is 1. The van der Waals surface area contributed by atoms with Crippen molar-refractivity contribution in [1.82, 2.24) is 4.98 Å². The molecule has 0 spiro atoms. The largest absolute Gasteiger partial charge is 0.507 e. The van der Waals surface area contributed by atoms with Crippen molar-refractivity contribution >= 4 is 10.9 Å². The number of phenols is 1. The van der Waals surface area contributed by atoms with Crippen molar-refractivity contribution in [2.75, 3.05) is 13.7 Å². The Bertz CT molecular complexity index is 1060. The fourth-order valence-electron chi connectivity index (χ4n) is 4.70. The lowest BCUT2D eigenvalue weighted by molar-refractivity contribution is -0.690. The van der Waals surface area contributed by atoms with E-state index in [9.17, 15) is 5.11 Å². The molecule has 0 aliphatic carbocycles. The third kappa shape index (κ3) is 3.47. The van der Waals surface area contributed by atoms with Crippen molar-refractivity contribution < 1.29 is 15.2 Å². The normalized spacial score (nSPS) is 17.2. The number of aromatic amines is 1. The lowest BCUT2D eigenvalue weighted by atomic mass is 9.77. The molecule has 0 radical (unpaired) electrons. The molecule has 1 atom stereocenters. The molecular formula is C26H35N2O2+. The number of benzene rings is 2. The average Bonchev–Trinajstić information content (AvgIpc) is 3.04. The number of ether oxygens (including phenoxy) is 1. The molecule has 4 heteroatoms. The standard InChI is InChI=1S/C26H34N2O2/c1-25(2,3)19-12-15(13-20(24(19)29)26(4,5)6)22-23-17(10-11-27-22)18-14-16(30-7)8-9-21(18)28-23/h8-9,12-14,22,27-29H,10-11H2,1-7H3/p+1/t22-/m1/s1. The van der Waals surface area contributed by atoms with Crippen molar-refractivity contribution in [2.45, 2.75) is 64.8 Å². The minimum Gasteiger partial charge on any atom is -0.507 e. The number of phenolic OH excluding ortho intramolecular Hbond substituents is 1. The summed E-state index contributed by atoms with van der Waals surface area (Å²) < 4.78 is 5.46. The Labute approximate surface area is 179 Å². The Kier molecular flexibility index (Phi) is 4.89. The van der Waals surface area contributed by atoms with E-state index < -0.39 is 0 Å². The van der Waals surface area contributed by atoms with Gasteiger partial charge in [0.15, 0.2) is 6.04 Å². The van der Waals surface area contributed by atoms with Crippen LogP contribution in [0.15, 0.2) is 30.3 Å². The van der Waals surface area contributed by atoms with Crippen LogP contribution in [0.25, 0.3) is 10.9 Å². The Morgan fingerprint density at radius 3 is 2.20 bits per heavy atom. The van der Waals surface area contributed by atoms with E-state index in [2.05, 4.69) is 76.1 Å². The van der Waals surface area contributed by atoms with Crippen LogP contribution in [-0.4, -0.2) is 23.7 Å². The van der Waals surface area contributed by atoms with Gasteiger partial charge in [0.2, 0.25) is 0 Å². The summed E-state index contributed by atoms with van der Waals surface area (Å²) in [5, 5.41) is 14.8. The van der Waals surface area contributed by atoms with Gasteiger partial charge in [-0.1, -0.05) is 41.5 Å². The summed E-state index contributed by atoms with van der Waals surface area (Å²) in [5.41, 5.74) is 6.84. The lowest BCUT2D eigenvalue weighted by Crippen LogP contribution is -2.87. The number of rotatable bonds is 2. The SMILES string of the molecule is COc1ccc2[nH]c3c(c2c1)CC[NH2+][C@@H]3c1cc(C(C)(C)C)c(O)c(C(C)(C)C)c1. The molecule has 4 N–H and O–H groups in total. The summed E-state index contributed by atoms with van der Waals surface area (Å²) in [5.74, 6) is 1.33. The molecule has 0 fully saturated rings. The molecule has 0 unspecified atom stereocenters. The van der Waals surface area contributed by atoms with E-state index in [-0.39, 0.29) is 16.9 Å². The highest BCUT2D eigenvalue weighted by Gasteiger charge is 2.33. The second kappa shape index (κ2) is 7.05. The van der Waals surface area contributed by atoms with Gasteiger partial charge in [-0.05, 0) is 46.7 Å². The van der Waals surface area contributed by atoms with Gasteiger partial charge < -0.3 is 20.1 Å². The number of H-pyrrole nitrogens is 1. The molecule has 2 heterocycles. The van der Waals surface area contributed by atoms with Crippen LogP contribution in [0.4, 0.5) is 0 Å². The first-order valence-corrected chi connectivity index (χ1v) is 10.9. The zero-order valence-corrected chi connectivity index (χ0v) is 19.3. The summed E-state index contributed by atoms with van der Waals surface area (Å²) >= 11 is 0. The highest BCUT2D eigenvalue weighted by atomic mass is 16.5. The number of fused-ring (bicyclic) bond motifs is 3. The van der Waals surface area contributed by atoms with Gasteiger partial charge in [0.25, 0.3) is 0 Å². The van der Waals surface area contributed by atoms with Gasteiger partial charge >= 0.3 is 0 Å². The molecular weight excluding hydrogens is 372 g/mol. The van der Waals surface area contributed by atoms with Crippen molar-refractivity contribution in [3.63, 3.8) is 0 Å². The lowest BCUT2D eigenvalue weighted by Gasteiger charge is -2.30. The molecule has 0 saturated carbocycles. The quantitative estimate of drug-likeness (QED) is 0.577. The highest BCUT2D eigenvalue weighted by molar-refractivity contribution is 5.86. The summed E-state index contributed by atoms with van der Waals surface area (Å²) in [6, 6.07) is 10.9. The van der Waals surface area contributed by atoms with E-state index in [1.165, 1.54) is 22.2 Å². The number of hydrogen-bond donors (Lipinski definition) is 3. The predicted octanol–water partition coefficient (Wildman–Crippen LogP) is 4.69. The first-order chi connectivity index (χ1) is 14.0. The number of methoxy groups -OCH3 is 1. The fraction of sp³-hybridized carbons (Fsp3) is 0.462. The van der Waals surface area contributed by atoms with Crippen molar-refractivity contribution in [3.8, 4) is 11.5 Å². The Morgan fingerprint density at radius 2 is 1.63 bits per heavy atom. The predicted molar refractivity (Wildman–Crippen MR) is 123 cm³/mol. The fourth-order valence-corrected chi connectivity index (χ4v) is 4.70. The minimum absolute atomic E-state index is 0.134. The Hall–Kier alpha value is -2.46. The Balaban J connectivity index is 1.92. The molecule has 1 aromatic heterocycles. The molecule has 0 amide bonds. The van der Waals surface area contributed by atoms with Crippen molar-refractivity contribution in [3.05, 3.63) is 58.3 Å². The van der Waals surface area contributed by atoms with Gasteiger partial charge in [0, 0.05) is 34.0 Å². The van der Waals surface area contributed by atoms with Gasteiger partial charge in [0.1, 0.15) is 11.5 Å².